The zero-order chi connectivity index (χ0) is 20.8. The molecule has 1 aliphatic rings. The first kappa shape index (κ1) is 22.0. The highest BCUT2D eigenvalue weighted by Gasteiger charge is 2.30. The molecule has 1 amide bonds. The van der Waals surface area contributed by atoms with E-state index in [1.807, 2.05) is 60.4 Å². The normalized spacial score (nSPS) is 16.4. The van der Waals surface area contributed by atoms with E-state index in [-0.39, 0.29) is 11.9 Å². The van der Waals surface area contributed by atoms with Crippen molar-refractivity contribution >= 4 is 35.0 Å². The number of methoxy groups -OCH3 is 1. The van der Waals surface area contributed by atoms with Crippen molar-refractivity contribution in [2.75, 3.05) is 25.1 Å². The van der Waals surface area contributed by atoms with Gasteiger partial charge >= 0.3 is 0 Å². The molecule has 2 aromatic carbocycles. The van der Waals surface area contributed by atoms with Crippen molar-refractivity contribution < 1.29 is 9.53 Å². The summed E-state index contributed by atoms with van der Waals surface area (Å²) in [4.78, 5) is 18.2. The SMILES string of the molecule is CCC(=O)N(c1ccccc1)C1CCN(C(C)Sc2cc(Cl)ccc2OC)CC1. The van der Waals surface area contributed by atoms with Crippen LogP contribution in [-0.2, 0) is 4.79 Å². The summed E-state index contributed by atoms with van der Waals surface area (Å²) in [5.41, 5.74) is 1.00. The van der Waals surface area contributed by atoms with Crippen LogP contribution in [0.4, 0.5) is 5.69 Å². The van der Waals surface area contributed by atoms with Gasteiger partial charge in [-0.05, 0) is 50.1 Å². The van der Waals surface area contributed by atoms with E-state index in [1.165, 1.54) is 0 Å². The molecule has 0 spiro atoms. The van der Waals surface area contributed by atoms with Crippen molar-refractivity contribution in [2.45, 2.75) is 49.4 Å². The second-order valence-electron chi connectivity index (χ2n) is 7.23. The van der Waals surface area contributed by atoms with Gasteiger partial charge in [-0.3, -0.25) is 9.69 Å². The summed E-state index contributed by atoms with van der Waals surface area (Å²) in [5, 5.41) is 1.02. The lowest BCUT2D eigenvalue weighted by Crippen LogP contribution is -2.49. The summed E-state index contributed by atoms with van der Waals surface area (Å²) in [5.74, 6) is 1.05. The van der Waals surface area contributed by atoms with Gasteiger partial charge in [0.25, 0.3) is 0 Å². The Kier molecular flexibility index (Phi) is 7.87. The largest absolute Gasteiger partial charge is 0.496 e. The average molecular weight is 433 g/mol. The number of carbonyl (C=O) groups is 1. The van der Waals surface area contributed by atoms with Gasteiger partial charge in [0.1, 0.15) is 5.75 Å². The van der Waals surface area contributed by atoms with E-state index in [9.17, 15) is 4.79 Å². The van der Waals surface area contributed by atoms with Crippen LogP contribution in [0.3, 0.4) is 0 Å². The summed E-state index contributed by atoms with van der Waals surface area (Å²) in [6.45, 7) is 6.08. The number of piperidine rings is 1. The molecule has 1 fully saturated rings. The topological polar surface area (TPSA) is 32.8 Å². The number of amides is 1. The van der Waals surface area contributed by atoms with Crippen molar-refractivity contribution in [3.63, 3.8) is 0 Å². The molecule has 4 nitrogen and oxygen atoms in total. The van der Waals surface area contributed by atoms with Gasteiger partial charge in [0.15, 0.2) is 0 Å². The van der Waals surface area contributed by atoms with Crippen LogP contribution < -0.4 is 9.64 Å². The van der Waals surface area contributed by atoms with E-state index in [0.717, 1.165) is 47.3 Å². The first-order valence-corrected chi connectivity index (χ1v) is 11.4. The highest BCUT2D eigenvalue weighted by molar-refractivity contribution is 8.00. The molecule has 0 bridgehead atoms. The van der Waals surface area contributed by atoms with Gasteiger partial charge in [-0.2, -0.15) is 0 Å². The molecule has 3 rings (SSSR count). The molecule has 1 unspecified atom stereocenters. The Hall–Kier alpha value is -1.69. The molecule has 0 radical (unpaired) electrons. The summed E-state index contributed by atoms with van der Waals surface area (Å²) in [6.07, 6.45) is 2.46. The van der Waals surface area contributed by atoms with Gasteiger partial charge in [0, 0.05) is 36.3 Å². The third kappa shape index (κ3) is 5.47. The number of ether oxygens (including phenoxy) is 1. The lowest BCUT2D eigenvalue weighted by Gasteiger charge is -2.40. The molecule has 1 heterocycles. The molecule has 1 aliphatic heterocycles. The molecule has 1 saturated heterocycles. The van der Waals surface area contributed by atoms with E-state index in [0.29, 0.717) is 11.8 Å². The minimum Gasteiger partial charge on any atom is -0.496 e. The monoisotopic (exact) mass is 432 g/mol. The number of likely N-dealkylation sites (tertiary alicyclic amines) is 1. The summed E-state index contributed by atoms with van der Waals surface area (Å²) in [7, 11) is 1.69. The van der Waals surface area contributed by atoms with Crippen LogP contribution in [0.15, 0.2) is 53.4 Å². The molecule has 156 valence electrons. The van der Waals surface area contributed by atoms with E-state index in [1.54, 1.807) is 18.9 Å². The van der Waals surface area contributed by atoms with Gasteiger partial charge < -0.3 is 9.64 Å². The summed E-state index contributed by atoms with van der Waals surface area (Å²) in [6, 6.07) is 16.0. The molecule has 1 atom stereocenters. The molecule has 0 aliphatic carbocycles. The Labute approximate surface area is 183 Å². The number of thioether (sulfide) groups is 1. The number of hydrogen-bond donors (Lipinski definition) is 0. The Morgan fingerprint density at radius 1 is 1.24 bits per heavy atom. The van der Waals surface area contributed by atoms with Crippen molar-refractivity contribution in [1.29, 1.82) is 0 Å². The van der Waals surface area contributed by atoms with Crippen LogP contribution in [0, 0.1) is 0 Å². The first-order chi connectivity index (χ1) is 14.0. The zero-order valence-electron chi connectivity index (χ0n) is 17.3. The molecule has 0 N–H and O–H groups in total. The van der Waals surface area contributed by atoms with Crippen LogP contribution in [-0.4, -0.2) is 42.4 Å². The smallest absolute Gasteiger partial charge is 0.226 e. The van der Waals surface area contributed by atoms with Gasteiger partial charge in [0.05, 0.1) is 17.4 Å². The Morgan fingerprint density at radius 2 is 1.93 bits per heavy atom. The Bertz CT molecular complexity index is 810. The number of halogens is 1. The van der Waals surface area contributed by atoms with E-state index in [4.69, 9.17) is 16.3 Å². The first-order valence-electron chi connectivity index (χ1n) is 10.1. The van der Waals surface area contributed by atoms with Gasteiger partial charge in [0.2, 0.25) is 5.91 Å². The minimum atomic E-state index is 0.195. The van der Waals surface area contributed by atoms with Gasteiger partial charge in [-0.15, -0.1) is 11.8 Å². The fourth-order valence-corrected chi connectivity index (χ4v) is 5.25. The zero-order valence-corrected chi connectivity index (χ0v) is 18.9. The van der Waals surface area contributed by atoms with Crippen LogP contribution in [0.2, 0.25) is 5.02 Å². The fourth-order valence-electron chi connectivity index (χ4n) is 3.83. The van der Waals surface area contributed by atoms with E-state index >= 15 is 0 Å². The fraction of sp³-hybridized carbons (Fsp3) is 0.435. The predicted octanol–water partition coefficient (Wildman–Crippen LogP) is 5.69. The number of hydrogen-bond acceptors (Lipinski definition) is 4. The number of anilines is 1. The highest BCUT2D eigenvalue weighted by atomic mass is 35.5. The number of nitrogens with zero attached hydrogens (tertiary/aromatic N) is 2. The predicted molar refractivity (Wildman–Crippen MR) is 122 cm³/mol. The van der Waals surface area contributed by atoms with Gasteiger partial charge in [-0.25, -0.2) is 0 Å². The molecule has 29 heavy (non-hydrogen) atoms. The van der Waals surface area contributed by atoms with Crippen molar-refractivity contribution in [3.8, 4) is 5.75 Å². The maximum absolute atomic E-state index is 12.7. The Balaban J connectivity index is 1.65. The van der Waals surface area contributed by atoms with Crippen LogP contribution >= 0.6 is 23.4 Å². The van der Waals surface area contributed by atoms with Crippen molar-refractivity contribution in [3.05, 3.63) is 53.6 Å². The second kappa shape index (κ2) is 10.4. The van der Waals surface area contributed by atoms with E-state index < -0.39 is 0 Å². The number of benzene rings is 2. The third-order valence-corrected chi connectivity index (χ3v) is 6.85. The standard InChI is InChI=1S/C23H29ClN2O2S/c1-4-23(27)26(19-8-6-5-7-9-19)20-12-14-25(15-13-20)17(2)29-22-16-18(24)10-11-21(22)28-3/h5-11,16-17,20H,4,12-15H2,1-3H3. The van der Waals surface area contributed by atoms with Crippen LogP contribution in [0.25, 0.3) is 0 Å². The van der Waals surface area contributed by atoms with Crippen molar-refractivity contribution in [1.82, 2.24) is 4.90 Å². The lowest BCUT2D eigenvalue weighted by molar-refractivity contribution is -0.119. The lowest BCUT2D eigenvalue weighted by atomic mass is 10.0. The quantitative estimate of drug-likeness (QED) is 0.526. The van der Waals surface area contributed by atoms with Gasteiger partial charge in [-0.1, -0.05) is 36.7 Å². The maximum atomic E-state index is 12.7. The number of rotatable bonds is 7. The summed E-state index contributed by atoms with van der Waals surface area (Å²) < 4.78 is 5.48. The van der Waals surface area contributed by atoms with Crippen LogP contribution in [0.5, 0.6) is 5.75 Å². The third-order valence-electron chi connectivity index (χ3n) is 5.41. The molecular formula is C23H29ClN2O2S. The summed E-state index contributed by atoms with van der Waals surface area (Å²) >= 11 is 7.95. The molecule has 6 heteroatoms. The second-order valence-corrected chi connectivity index (χ2v) is 9.03. The molecule has 2 aromatic rings. The Morgan fingerprint density at radius 3 is 2.55 bits per heavy atom. The maximum Gasteiger partial charge on any atom is 0.226 e. The van der Waals surface area contributed by atoms with Crippen molar-refractivity contribution in [2.24, 2.45) is 0 Å². The van der Waals surface area contributed by atoms with E-state index in [2.05, 4.69) is 11.8 Å². The molecular weight excluding hydrogens is 404 g/mol. The minimum absolute atomic E-state index is 0.195. The average Bonchev–Trinajstić information content (AvgIpc) is 2.75. The molecule has 0 saturated carbocycles. The molecule has 0 aromatic heterocycles. The highest BCUT2D eigenvalue weighted by Crippen LogP contribution is 2.36. The number of carbonyl (C=O) groups excluding carboxylic acids is 1. The number of para-hydroxylation sites is 1. The van der Waals surface area contributed by atoms with Crippen LogP contribution in [0.1, 0.15) is 33.1 Å².